The second-order valence-electron chi connectivity index (χ2n) is 4.35. The molecule has 0 saturated carbocycles. The van der Waals surface area contributed by atoms with E-state index >= 15 is 0 Å². The van der Waals surface area contributed by atoms with Gasteiger partial charge in [0.05, 0.1) is 17.6 Å². The Bertz CT molecular complexity index is 537. The lowest BCUT2D eigenvalue weighted by Crippen LogP contribution is -2.22. The third-order valence-corrected chi connectivity index (χ3v) is 2.68. The van der Waals surface area contributed by atoms with Crippen molar-refractivity contribution in [1.82, 2.24) is 9.97 Å². The number of aliphatic hydroxyl groups excluding tert-OH is 1. The van der Waals surface area contributed by atoms with Crippen LogP contribution in [-0.2, 0) is 5.41 Å². The summed E-state index contributed by atoms with van der Waals surface area (Å²) in [4.78, 5) is 16.6. The highest BCUT2D eigenvalue weighted by Gasteiger charge is 2.22. The molecular formula is C11H14N2O2. The Morgan fingerprint density at radius 2 is 2.07 bits per heavy atom. The maximum absolute atomic E-state index is 11.2. The first kappa shape index (κ1) is 9.98. The number of H-pyrrole nitrogens is 2. The van der Waals surface area contributed by atoms with Crippen LogP contribution in [0.5, 0.6) is 0 Å². The fourth-order valence-electron chi connectivity index (χ4n) is 1.71. The summed E-state index contributed by atoms with van der Waals surface area (Å²) in [5.41, 5.74) is 1.93. The zero-order valence-corrected chi connectivity index (χ0v) is 8.79. The van der Waals surface area contributed by atoms with Crippen LogP contribution in [0, 0.1) is 0 Å². The standard InChI is InChI=1S/C11H14N2O2/c1-11(2,6-14)7-4-3-5-8-9(7)13-10(15)12-8/h3-5,14H,6H2,1-2H3,(H2,12,13,15). The number of aliphatic hydroxyl groups is 1. The minimum atomic E-state index is -0.357. The largest absolute Gasteiger partial charge is 0.395 e. The zero-order chi connectivity index (χ0) is 11.1. The summed E-state index contributed by atoms with van der Waals surface area (Å²) in [5.74, 6) is 0. The Morgan fingerprint density at radius 3 is 2.73 bits per heavy atom. The minimum absolute atomic E-state index is 0.0410. The summed E-state index contributed by atoms with van der Waals surface area (Å²) >= 11 is 0. The van der Waals surface area contributed by atoms with E-state index in [9.17, 15) is 9.90 Å². The van der Waals surface area contributed by atoms with Crippen molar-refractivity contribution < 1.29 is 5.11 Å². The Hall–Kier alpha value is -1.55. The molecule has 0 fully saturated rings. The SMILES string of the molecule is CC(C)(CO)c1cccc2[nH]c(=O)[nH]c12. The van der Waals surface area contributed by atoms with Crippen LogP contribution >= 0.6 is 0 Å². The topological polar surface area (TPSA) is 68.9 Å². The van der Waals surface area contributed by atoms with Gasteiger partial charge in [-0.25, -0.2) is 4.79 Å². The van der Waals surface area contributed by atoms with Gasteiger partial charge in [-0.3, -0.25) is 0 Å². The van der Waals surface area contributed by atoms with E-state index in [1.807, 2.05) is 32.0 Å². The Labute approximate surface area is 87.0 Å². The van der Waals surface area contributed by atoms with E-state index in [1.165, 1.54) is 0 Å². The fourth-order valence-corrected chi connectivity index (χ4v) is 1.71. The molecule has 4 heteroatoms. The predicted molar refractivity (Wildman–Crippen MR) is 59.0 cm³/mol. The van der Waals surface area contributed by atoms with Crippen molar-refractivity contribution in [3.8, 4) is 0 Å². The highest BCUT2D eigenvalue weighted by Crippen LogP contribution is 2.27. The Kier molecular flexibility index (Phi) is 2.16. The van der Waals surface area contributed by atoms with Crippen molar-refractivity contribution in [1.29, 1.82) is 0 Å². The van der Waals surface area contributed by atoms with Gasteiger partial charge in [-0.05, 0) is 11.6 Å². The molecule has 0 spiro atoms. The molecule has 2 rings (SSSR count). The maximum atomic E-state index is 11.2. The minimum Gasteiger partial charge on any atom is -0.395 e. The smallest absolute Gasteiger partial charge is 0.323 e. The molecule has 1 heterocycles. The molecule has 2 aromatic rings. The third kappa shape index (κ3) is 1.57. The van der Waals surface area contributed by atoms with Gasteiger partial charge in [0, 0.05) is 5.41 Å². The molecule has 3 N–H and O–H groups in total. The van der Waals surface area contributed by atoms with Gasteiger partial charge in [-0.1, -0.05) is 26.0 Å². The first-order valence-electron chi connectivity index (χ1n) is 4.87. The predicted octanol–water partition coefficient (Wildman–Crippen LogP) is 1.13. The van der Waals surface area contributed by atoms with Crippen LogP contribution in [0.1, 0.15) is 19.4 Å². The molecule has 0 bridgehead atoms. The van der Waals surface area contributed by atoms with Crippen molar-refractivity contribution in [2.24, 2.45) is 0 Å². The van der Waals surface area contributed by atoms with E-state index in [0.717, 1.165) is 16.6 Å². The molecular weight excluding hydrogens is 192 g/mol. The van der Waals surface area contributed by atoms with Crippen molar-refractivity contribution in [3.63, 3.8) is 0 Å². The monoisotopic (exact) mass is 206 g/mol. The van der Waals surface area contributed by atoms with Crippen LogP contribution in [0.25, 0.3) is 11.0 Å². The molecule has 0 radical (unpaired) electrons. The number of rotatable bonds is 2. The fraction of sp³-hybridized carbons (Fsp3) is 0.364. The lowest BCUT2D eigenvalue weighted by molar-refractivity contribution is 0.219. The van der Waals surface area contributed by atoms with Gasteiger partial charge in [0.15, 0.2) is 0 Å². The third-order valence-electron chi connectivity index (χ3n) is 2.68. The van der Waals surface area contributed by atoms with Crippen molar-refractivity contribution in [3.05, 3.63) is 34.2 Å². The van der Waals surface area contributed by atoms with Gasteiger partial charge < -0.3 is 15.1 Å². The number of benzene rings is 1. The molecule has 4 nitrogen and oxygen atoms in total. The van der Waals surface area contributed by atoms with Crippen LogP contribution in [-0.4, -0.2) is 21.7 Å². The number of nitrogens with one attached hydrogen (secondary N) is 2. The lowest BCUT2D eigenvalue weighted by atomic mass is 9.85. The van der Waals surface area contributed by atoms with E-state index in [4.69, 9.17) is 0 Å². The summed E-state index contributed by atoms with van der Waals surface area (Å²) in [6.45, 7) is 3.92. The van der Waals surface area contributed by atoms with Gasteiger partial charge in [0.1, 0.15) is 0 Å². The second kappa shape index (κ2) is 3.24. The van der Waals surface area contributed by atoms with Crippen molar-refractivity contribution >= 4 is 11.0 Å². The van der Waals surface area contributed by atoms with E-state index in [-0.39, 0.29) is 17.7 Å². The van der Waals surface area contributed by atoms with Crippen LogP contribution < -0.4 is 5.69 Å². The van der Waals surface area contributed by atoms with Crippen LogP contribution in [0.4, 0.5) is 0 Å². The molecule has 15 heavy (non-hydrogen) atoms. The number of fused-ring (bicyclic) bond motifs is 1. The molecule has 0 saturated heterocycles. The highest BCUT2D eigenvalue weighted by molar-refractivity contribution is 5.79. The summed E-state index contributed by atoms with van der Waals surface area (Å²) in [6.07, 6.45) is 0. The molecule has 0 aliphatic heterocycles. The second-order valence-corrected chi connectivity index (χ2v) is 4.35. The summed E-state index contributed by atoms with van der Waals surface area (Å²) in [5, 5.41) is 9.31. The van der Waals surface area contributed by atoms with Crippen molar-refractivity contribution in [2.45, 2.75) is 19.3 Å². The van der Waals surface area contributed by atoms with Crippen molar-refractivity contribution in [2.75, 3.05) is 6.61 Å². The average Bonchev–Trinajstić information content (AvgIpc) is 2.57. The molecule has 80 valence electrons. The number of imidazole rings is 1. The average molecular weight is 206 g/mol. The summed E-state index contributed by atoms with van der Waals surface area (Å²) in [6, 6.07) is 5.63. The van der Waals surface area contributed by atoms with E-state index in [0.29, 0.717) is 0 Å². The van der Waals surface area contributed by atoms with Gasteiger partial charge in [-0.15, -0.1) is 0 Å². The Morgan fingerprint density at radius 1 is 1.33 bits per heavy atom. The molecule has 0 unspecified atom stereocenters. The van der Waals surface area contributed by atoms with Gasteiger partial charge in [0.25, 0.3) is 0 Å². The normalized spacial score (nSPS) is 12.2. The molecule has 0 atom stereocenters. The molecule has 1 aromatic carbocycles. The van der Waals surface area contributed by atoms with E-state index in [2.05, 4.69) is 9.97 Å². The van der Waals surface area contributed by atoms with Crippen LogP contribution in [0.2, 0.25) is 0 Å². The number of hydrogen-bond acceptors (Lipinski definition) is 2. The quantitative estimate of drug-likeness (QED) is 0.689. The maximum Gasteiger partial charge on any atom is 0.323 e. The number of hydrogen-bond donors (Lipinski definition) is 3. The molecule has 0 aliphatic carbocycles. The molecule has 0 aliphatic rings. The first-order valence-corrected chi connectivity index (χ1v) is 4.87. The number of aromatic nitrogens is 2. The van der Waals surface area contributed by atoms with Gasteiger partial charge in [0.2, 0.25) is 0 Å². The van der Waals surface area contributed by atoms with Crippen LogP contribution in [0.3, 0.4) is 0 Å². The van der Waals surface area contributed by atoms with Gasteiger partial charge >= 0.3 is 5.69 Å². The first-order chi connectivity index (χ1) is 7.04. The van der Waals surface area contributed by atoms with E-state index in [1.54, 1.807) is 0 Å². The zero-order valence-electron chi connectivity index (χ0n) is 8.79. The number of para-hydroxylation sites is 1. The van der Waals surface area contributed by atoms with Crippen LogP contribution in [0.15, 0.2) is 23.0 Å². The summed E-state index contributed by atoms with van der Waals surface area (Å²) in [7, 11) is 0. The summed E-state index contributed by atoms with van der Waals surface area (Å²) < 4.78 is 0. The van der Waals surface area contributed by atoms with E-state index < -0.39 is 0 Å². The number of aromatic amines is 2. The highest BCUT2D eigenvalue weighted by atomic mass is 16.3. The molecule has 1 aromatic heterocycles. The lowest BCUT2D eigenvalue weighted by Gasteiger charge is -2.22. The Balaban J connectivity index is 2.76. The van der Waals surface area contributed by atoms with Gasteiger partial charge in [-0.2, -0.15) is 0 Å². The molecule has 0 amide bonds.